The number of amides is 1. The van der Waals surface area contributed by atoms with Crippen LogP contribution in [0.2, 0.25) is 0 Å². The van der Waals surface area contributed by atoms with Crippen LogP contribution in [-0.4, -0.2) is 16.9 Å². The molecule has 0 radical (unpaired) electrons. The number of rotatable bonds is 4. The number of aromatic nitrogens is 1. The molecule has 0 aliphatic rings. The fourth-order valence-corrected chi connectivity index (χ4v) is 1.35. The summed E-state index contributed by atoms with van der Waals surface area (Å²) in [5, 5.41) is 2.81. The van der Waals surface area contributed by atoms with Crippen LogP contribution >= 0.6 is 0 Å². The van der Waals surface area contributed by atoms with Gasteiger partial charge in [-0.2, -0.15) is 0 Å². The molecule has 1 aromatic rings. The minimum atomic E-state index is -0.300. The summed E-state index contributed by atoms with van der Waals surface area (Å²) in [6, 6.07) is 1.49. The van der Waals surface area contributed by atoms with E-state index in [1.807, 2.05) is 13.8 Å². The minimum absolute atomic E-state index is 0.136. The van der Waals surface area contributed by atoms with Crippen molar-refractivity contribution >= 4 is 5.91 Å². The lowest BCUT2D eigenvalue weighted by atomic mass is 10.1. The smallest absolute Gasteiger partial charge is 0.256 e. The molecule has 1 heterocycles. The number of hydrogen-bond acceptors (Lipinski definition) is 2. The first-order chi connectivity index (χ1) is 7.19. The fraction of sp³-hybridized carbons (Fsp3) is 0.455. The predicted molar refractivity (Wildman–Crippen MR) is 58.9 cm³/mol. The lowest BCUT2D eigenvalue weighted by molar-refractivity contribution is 0.0933. The van der Waals surface area contributed by atoms with Gasteiger partial charge >= 0.3 is 0 Å². The summed E-state index contributed by atoms with van der Waals surface area (Å²) in [5.41, 5.74) is -0.0818. The van der Waals surface area contributed by atoms with Gasteiger partial charge in [0.15, 0.2) is 5.43 Å². The van der Waals surface area contributed by atoms with Crippen molar-refractivity contribution in [2.75, 3.05) is 0 Å². The van der Waals surface area contributed by atoms with E-state index in [-0.39, 0.29) is 22.9 Å². The number of carbonyl (C=O) groups excluding carboxylic acids is 1. The summed E-state index contributed by atoms with van der Waals surface area (Å²) in [4.78, 5) is 25.7. The molecule has 0 fully saturated rings. The zero-order valence-electron chi connectivity index (χ0n) is 9.04. The third-order valence-corrected chi connectivity index (χ3v) is 2.39. The summed E-state index contributed by atoms with van der Waals surface area (Å²) in [6.45, 7) is 4.01. The van der Waals surface area contributed by atoms with Crippen molar-refractivity contribution in [1.82, 2.24) is 10.3 Å². The van der Waals surface area contributed by atoms with E-state index in [0.717, 1.165) is 12.8 Å². The third kappa shape index (κ3) is 2.94. The van der Waals surface area contributed by atoms with Gasteiger partial charge in [0.1, 0.15) is 5.56 Å². The summed E-state index contributed by atoms with van der Waals surface area (Å²) in [6.07, 6.45) is 4.68. The zero-order valence-corrected chi connectivity index (χ0v) is 9.04. The zero-order chi connectivity index (χ0) is 11.3. The quantitative estimate of drug-likeness (QED) is 0.783. The van der Waals surface area contributed by atoms with Crippen molar-refractivity contribution in [2.45, 2.75) is 32.7 Å². The van der Waals surface area contributed by atoms with E-state index in [4.69, 9.17) is 0 Å². The van der Waals surface area contributed by atoms with Crippen molar-refractivity contribution in [3.05, 3.63) is 34.2 Å². The molecular weight excluding hydrogens is 192 g/mol. The topological polar surface area (TPSA) is 62.0 Å². The SMILES string of the molecule is CCC(CC)NC(=O)c1c[nH]ccc1=O. The number of H-pyrrole nitrogens is 1. The van der Waals surface area contributed by atoms with Crippen molar-refractivity contribution in [1.29, 1.82) is 0 Å². The molecule has 1 rings (SSSR count). The number of hydrogen-bond donors (Lipinski definition) is 2. The molecule has 0 aliphatic heterocycles. The maximum Gasteiger partial charge on any atom is 0.256 e. The standard InChI is InChI=1S/C11H16N2O2/c1-3-8(4-2)13-11(15)9-7-12-6-5-10(9)14/h5-8H,3-4H2,1-2H3,(H,12,14)(H,13,15). The van der Waals surface area contributed by atoms with Crippen molar-refractivity contribution in [3.8, 4) is 0 Å². The monoisotopic (exact) mass is 208 g/mol. The molecule has 0 aromatic carbocycles. The predicted octanol–water partition coefficient (Wildman–Crippen LogP) is 1.29. The van der Waals surface area contributed by atoms with Crippen LogP contribution in [0.1, 0.15) is 37.0 Å². The van der Waals surface area contributed by atoms with Crippen molar-refractivity contribution < 1.29 is 4.79 Å². The fourth-order valence-electron chi connectivity index (χ4n) is 1.35. The maximum atomic E-state index is 11.7. The van der Waals surface area contributed by atoms with Gasteiger partial charge in [-0.1, -0.05) is 13.8 Å². The summed E-state index contributed by atoms with van der Waals surface area (Å²) in [7, 11) is 0. The Morgan fingerprint density at radius 2 is 2.13 bits per heavy atom. The van der Waals surface area contributed by atoms with Crippen LogP contribution in [0, 0.1) is 0 Å². The Labute approximate surface area is 88.7 Å². The molecule has 1 aromatic heterocycles. The third-order valence-electron chi connectivity index (χ3n) is 2.39. The van der Waals surface area contributed by atoms with Crippen LogP contribution in [0.4, 0.5) is 0 Å². The normalized spacial score (nSPS) is 10.3. The largest absolute Gasteiger partial charge is 0.367 e. The highest BCUT2D eigenvalue weighted by Gasteiger charge is 2.12. The molecule has 4 nitrogen and oxygen atoms in total. The maximum absolute atomic E-state index is 11.7. The average Bonchev–Trinajstić information content (AvgIpc) is 2.26. The Kier molecular flexibility index (Phi) is 4.09. The van der Waals surface area contributed by atoms with E-state index in [1.54, 1.807) is 0 Å². The van der Waals surface area contributed by atoms with Gasteiger partial charge in [-0.3, -0.25) is 9.59 Å². The van der Waals surface area contributed by atoms with Crippen LogP contribution in [0.15, 0.2) is 23.3 Å². The molecule has 0 unspecified atom stereocenters. The van der Waals surface area contributed by atoms with E-state index >= 15 is 0 Å². The van der Waals surface area contributed by atoms with E-state index in [0.29, 0.717) is 0 Å². The molecule has 0 bridgehead atoms. The Balaban J connectivity index is 2.78. The lowest BCUT2D eigenvalue weighted by Gasteiger charge is -2.13. The van der Waals surface area contributed by atoms with Gasteiger partial charge in [0.2, 0.25) is 0 Å². The Morgan fingerprint density at radius 1 is 1.47 bits per heavy atom. The number of pyridine rings is 1. The second-order valence-corrected chi connectivity index (χ2v) is 3.41. The van der Waals surface area contributed by atoms with Gasteiger partial charge in [-0.05, 0) is 12.8 Å². The Bertz CT molecular complexity index is 380. The van der Waals surface area contributed by atoms with E-state index in [1.165, 1.54) is 18.5 Å². The lowest BCUT2D eigenvalue weighted by Crippen LogP contribution is -2.36. The molecular formula is C11H16N2O2. The summed E-state index contributed by atoms with van der Waals surface area (Å²) in [5.74, 6) is -0.300. The van der Waals surface area contributed by atoms with Gasteiger partial charge in [0, 0.05) is 24.5 Å². The summed E-state index contributed by atoms with van der Waals surface area (Å²) >= 11 is 0. The molecule has 0 saturated heterocycles. The second kappa shape index (κ2) is 5.34. The highest BCUT2D eigenvalue weighted by Crippen LogP contribution is 1.98. The molecule has 0 atom stereocenters. The number of aromatic amines is 1. The van der Waals surface area contributed by atoms with Crippen LogP contribution in [0.3, 0.4) is 0 Å². The molecule has 0 aliphatic carbocycles. The van der Waals surface area contributed by atoms with Crippen LogP contribution in [0.5, 0.6) is 0 Å². The first-order valence-corrected chi connectivity index (χ1v) is 5.17. The first kappa shape index (κ1) is 11.5. The van der Waals surface area contributed by atoms with Gasteiger partial charge < -0.3 is 10.3 Å². The first-order valence-electron chi connectivity index (χ1n) is 5.17. The average molecular weight is 208 g/mol. The van der Waals surface area contributed by atoms with Gasteiger partial charge in [0.25, 0.3) is 5.91 Å². The minimum Gasteiger partial charge on any atom is -0.367 e. The van der Waals surface area contributed by atoms with Crippen molar-refractivity contribution in [3.63, 3.8) is 0 Å². The van der Waals surface area contributed by atoms with E-state index in [2.05, 4.69) is 10.3 Å². The van der Waals surface area contributed by atoms with Crippen LogP contribution in [-0.2, 0) is 0 Å². The van der Waals surface area contributed by atoms with Crippen molar-refractivity contribution in [2.24, 2.45) is 0 Å². The number of nitrogens with one attached hydrogen (secondary N) is 2. The Morgan fingerprint density at radius 3 is 2.67 bits per heavy atom. The summed E-state index contributed by atoms with van der Waals surface area (Å²) < 4.78 is 0. The molecule has 0 spiro atoms. The molecule has 15 heavy (non-hydrogen) atoms. The number of carbonyl (C=O) groups is 1. The van der Waals surface area contributed by atoms with Crippen LogP contribution < -0.4 is 10.7 Å². The highest BCUT2D eigenvalue weighted by atomic mass is 16.2. The highest BCUT2D eigenvalue weighted by molar-refractivity contribution is 5.93. The molecule has 4 heteroatoms. The molecule has 82 valence electrons. The Hall–Kier alpha value is -1.58. The molecule has 1 amide bonds. The van der Waals surface area contributed by atoms with E-state index < -0.39 is 0 Å². The van der Waals surface area contributed by atoms with Gasteiger partial charge in [-0.15, -0.1) is 0 Å². The second-order valence-electron chi connectivity index (χ2n) is 3.41. The molecule has 2 N–H and O–H groups in total. The van der Waals surface area contributed by atoms with Gasteiger partial charge in [0.05, 0.1) is 0 Å². The van der Waals surface area contributed by atoms with Gasteiger partial charge in [-0.25, -0.2) is 0 Å². The molecule has 0 saturated carbocycles. The van der Waals surface area contributed by atoms with Crippen LogP contribution in [0.25, 0.3) is 0 Å². The van der Waals surface area contributed by atoms with E-state index in [9.17, 15) is 9.59 Å².